The summed E-state index contributed by atoms with van der Waals surface area (Å²) in [6.45, 7) is 1.93. The molecule has 0 saturated carbocycles. The first-order chi connectivity index (χ1) is 4.04. The average molecular weight is 147 g/mol. The van der Waals surface area contributed by atoms with E-state index in [1.165, 1.54) is 0 Å². The van der Waals surface area contributed by atoms with Gasteiger partial charge in [-0.2, -0.15) is 0 Å². The maximum atomic E-state index is 10.6. The Hall–Kier alpha value is -0.310. The van der Waals surface area contributed by atoms with Gasteiger partial charge in [-0.3, -0.25) is 4.21 Å². The minimum absolute atomic E-state index is 0.820. The fraction of sp³-hybridized carbons (Fsp3) is 0.667. The highest BCUT2D eigenvalue weighted by Crippen LogP contribution is 1.95. The van der Waals surface area contributed by atoms with Crippen LogP contribution in [-0.2, 0) is 10.8 Å². The Bertz CT molecular complexity index is 140. The maximum absolute atomic E-state index is 10.6. The number of hydrogen-bond acceptors (Lipinski definition) is 2. The molecule has 0 fully saturated rings. The van der Waals surface area contributed by atoms with Gasteiger partial charge in [-0.25, -0.2) is 0 Å². The summed E-state index contributed by atoms with van der Waals surface area (Å²) in [5.74, 6) is 0. The van der Waals surface area contributed by atoms with Crippen LogP contribution < -0.4 is 0 Å². The molecule has 0 aromatic carbocycles. The van der Waals surface area contributed by atoms with Crippen molar-refractivity contribution < 1.29 is 4.21 Å². The van der Waals surface area contributed by atoms with Gasteiger partial charge in [0.1, 0.15) is 0 Å². The van der Waals surface area contributed by atoms with Gasteiger partial charge in [0.2, 0.25) is 0 Å². The summed E-state index contributed by atoms with van der Waals surface area (Å²) in [6, 6.07) is 0. The largest absolute Gasteiger partial charge is 0.381 e. The topological polar surface area (TPSA) is 20.3 Å². The number of hydrogen-bond donors (Lipinski definition) is 0. The van der Waals surface area contributed by atoms with Crippen molar-refractivity contribution in [2.75, 3.05) is 20.4 Å². The van der Waals surface area contributed by atoms with Crippen molar-refractivity contribution in [3.63, 3.8) is 0 Å². The minimum Gasteiger partial charge on any atom is -0.381 e. The number of rotatable bonds is 2. The van der Waals surface area contributed by atoms with Gasteiger partial charge in [-0.05, 0) is 6.92 Å². The Morgan fingerprint density at radius 3 is 2.11 bits per heavy atom. The zero-order valence-corrected chi connectivity index (χ0v) is 7.16. The Labute approximate surface area is 59.0 Å². The van der Waals surface area contributed by atoms with Crippen LogP contribution in [0.3, 0.4) is 0 Å². The van der Waals surface area contributed by atoms with Crippen LogP contribution in [0.15, 0.2) is 11.1 Å². The second kappa shape index (κ2) is 3.67. The van der Waals surface area contributed by atoms with E-state index in [0.717, 1.165) is 5.70 Å². The number of allylic oxidation sites excluding steroid dienone is 1. The van der Waals surface area contributed by atoms with E-state index >= 15 is 0 Å². The first-order valence-electron chi connectivity index (χ1n) is 2.72. The zero-order valence-electron chi connectivity index (χ0n) is 6.34. The van der Waals surface area contributed by atoms with Gasteiger partial charge in [0.05, 0.1) is 0 Å². The highest BCUT2D eigenvalue weighted by Gasteiger charge is 1.90. The molecule has 2 nitrogen and oxygen atoms in total. The van der Waals surface area contributed by atoms with E-state index in [1.807, 2.05) is 25.9 Å². The van der Waals surface area contributed by atoms with E-state index < -0.39 is 10.8 Å². The Morgan fingerprint density at radius 2 is 2.00 bits per heavy atom. The van der Waals surface area contributed by atoms with Gasteiger partial charge in [0, 0.05) is 42.3 Å². The normalized spacial score (nSPS) is 15.3. The minimum atomic E-state index is -0.820. The molecule has 0 bridgehead atoms. The fourth-order valence-electron chi connectivity index (χ4n) is 0.346. The highest BCUT2D eigenvalue weighted by molar-refractivity contribution is 7.87. The van der Waals surface area contributed by atoms with Crippen LogP contribution in [-0.4, -0.2) is 29.5 Å². The predicted octanol–water partition coefficient (Wildman–Crippen LogP) is 0.788. The van der Waals surface area contributed by atoms with Crippen LogP contribution in [0.2, 0.25) is 0 Å². The van der Waals surface area contributed by atoms with Gasteiger partial charge >= 0.3 is 0 Å². The van der Waals surface area contributed by atoms with E-state index in [-0.39, 0.29) is 0 Å². The second-order valence-corrected chi connectivity index (χ2v) is 3.39. The van der Waals surface area contributed by atoms with Crippen LogP contribution in [0.25, 0.3) is 0 Å². The SMILES string of the molecule is CC(=CS(C)=O)N(C)C. The zero-order chi connectivity index (χ0) is 7.44. The molecule has 0 saturated heterocycles. The summed E-state index contributed by atoms with van der Waals surface area (Å²) in [5, 5.41) is 1.72. The molecule has 0 aliphatic heterocycles. The molecule has 0 N–H and O–H groups in total. The van der Waals surface area contributed by atoms with E-state index in [2.05, 4.69) is 0 Å². The molecule has 0 spiro atoms. The number of nitrogens with zero attached hydrogens (tertiary/aromatic N) is 1. The monoisotopic (exact) mass is 147 g/mol. The standard InChI is InChI=1S/C6H13NOS/c1-6(7(2)3)5-9(4)8/h5H,1-4H3. The van der Waals surface area contributed by atoms with E-state index in [1.54, 1.807) is 11.7 Å². The summed E-state index contributed by atoms with van der Waals surface area (Å²) in [5.41, 5.74) is 1.04. The van der Waals surface area contributed by atoms with Crippen molar-refractivity contribution >= 4 is 10.8 Å². The molecule has 0 aromatic heterocycles. The Morgan fingerprint density at radius 1 is 1.56 bits per heavy atom. The molecular weight excluding hydrogens is 134 g/mol. The van der Waals surface area contributed by atoms with Crippen molar-refractivity contribution in [1.82, 2.24) is 4.90 Å². The molecule has 0 rings (SSSR count). The third kappa shape index (κ3) is 4.21. The third-order valence-electron chi connectivity index (χ3n) is 1.04. The van der Waals surface area contributed by atoms with Crippen molar-refractivity contribution in [3.8, 4) is 0 Å². The smallest absolute Gasteiger partial charge is 0.0441 e. The van der Waals surface area contributed by atoms with Crippen molar-refractivity contribution in [2.24, 2.45) is 0 Å². The van der Waals surface area contributed by atoms with Crippen LogP contribution in [0.1, 0.15) is 6.92 Å². The summed E-state index contributed by atoms with van der Waals surface area (Å²) in [4.78, 5) is 1.93. The molecule has 0 heterocycles. The van der Waals surface area contributed by atoms with Gasteiger partial charge < -0.3 is 4.90 Å². The molecule has 9 heavy (non-hydrogen) atoms. The quantitative estimate of drug-likeness (QED) is 0.575. The molecule has 0 aliphatic rings. The predicted molar refractivity (Wildman–Crippen MR) is 41.5 cm³/mol. The van der Waals surface area contributed by atoms with Crippen LogP contribution in [0.4, 0.5) is 0 Å². The van der Waals surface area contributed by atoms with Gasteiger partial charge in [-0.15, -0.1) is 0 Å². The van der Waals surface area contributed by atoms with Crippen molar-refractivity contribution in [3.05, 3.63) is 11.1 Å². The second-order valence-electron chi connectivity index (χ2n) is 2.15. The highest BCUT2D eigenvalue weighted by atomic mass is 32.2. The van der Waals surface area contributed by atoms with Crippen LogP contribution in [0.5, 0.6) is 0 Å². The molecule has 0 radical (unpaired) electrons. The summed E-state index contributed by atoms with van der Waals surface area (Å²) < 4.78 is 10.6. The lowest BCUT2D eigenvalue weighted by atomic mass is 10.5. The van der Waals surface area contributed by atoms with Gasteiger partial charge in [0.25, 0.3) is 0 Å². The third-order valence-corrected chi connectivity index (χ3v) is 1.71. The Kier molecular flexibility index (Phi) is 3.54. The van der Waals surface area contributed by atoms with E-state index in [9.17, 15) is 4.21 Å². The summed E-state index contributed by atoms with van der Waals surface area (Å²) in [7, 11) is 3.04. The molecule has 0 aromatic rings. The van der Waals surface area contributed by atoms with E-state index in [0.29, 0.717) is 0 Å². The molecule has 0 amide bonds. The molecule has 1 unspecified atom stereocenters. The van der Waals surface area contributed by atoms with Gasteiger partial charge in [-0.1, -0.05) is 0 Å². The Balaban J connectivity index is 4.00. The van der Waals surface area contributed by atoms with Crippen molar-refractivity contribution in [1.29, 1.82) is 0 Å². The molecule has 1 atom stereocenters. The lowest BCUT2D eigenvalue weighted by molar-refractivity contribution is 0.515. The fourth-order valence-corrected chi connectivity index (χ4v) is 1.04. The lowest BCUT2D eigenvalue weighted by Gasteiger charge is -2.10. The summed E-state index contributed by atoms with van der Waals surface area (Å²) >= 11 is 0. The first kappa shape index (κ1) is 8.69. The molecule has 54 valence electrons. The first-order valence-corrected chi connectivity index (χ1v) is 4.34. The molecule has 0 aliphatic carbocycles. The maximum Gasteiger partial charge on any atom is 0.0441 e. The van der Waals surface area contributed by atoms with Crippen molar-refractivity contribution in [2.45, 2.75) is 6.92 Å². The van der Waals surface area contributed by atoms with Crippen LogP contribution in [0, 0.1) is 0 Å². The lowest BCUT2D eigenvalue weighted by Crippen LogP contribution is -2.08. The van der Waals surface area contributed by atoms with Gasteiger partial charge in [0.15, 0.2) is 0 Å². The molecule has 3 heteroatoms. The average Bonchev–Trinajstić information content (AvgIpc) is 1.63. The van der Waals surface area contributed by atoms with E-state index in [4.69, 9.17) is 0 Å². The van der Waals surface area contributed by atoms with Crippen LogP contribution >= 0.6 is 0 Å². The molecular formula is C6H13NOS. The summed E-state index contributed by atoms with van der Waals surface area (Å²) in [6.07, 6.45) is 1.66.